The Balaban J connectivity index is 2.50. The molecule has 1 aromatic carbocycles. The van der Waals surface area contributed by atoms with Crippen molar-refractivity contribution in [2.75, 3.05) is 5.75 Å². The highest BCUT2D eigenvalue weighted by atomic mass is 32.2. The van der Waals surface area contributed by atoms with E-state index < -0.39 is 5.97 Å². The van der Waals surface area contributed by atoms with Crippen molar-refractivity contribution >= 4 is 34.9 Å². The molecular formula is C10H11NO2S2. The topological polar surface area (TPSA) is 63.3 Å². The Kier molecular flexibility index (Phi) is 4.58. The van der Waals surface area contributed by atoms with Crippen molar-refractivity contribution in [1.82, 2.24) is 0 Å². The minimum atomic E-state index is -0.792. The molecule has 0 spiro atoms. The molecule has 0 fully saturated rings. The van der Waals surface area contributed by atoms with Crippen molar-refractivity contribution in [2.45, 2.75) is 5.75 Å². The first-order valence-electron chi connectivity index (χ1n) is 4.28. The summed E-state index contributed by atoms with van der Waals surface area (Å²) >= 11 is 6.19. The van der Waals surface area contributed by atoms with E-state index in [4.69, 9.17) is 23.1 Å². The van der Waals surface area contributed by atoms with Crippen molar-refractivity contribution in [1.29, 1.82) is 0 Å². The number of rotatable bonds is 5. The van der Waals surface area contributed by atoms with Crippen LogP contribution in [0, 0.1) is 0 Å². The first kappa shape index (κ1) is 12.0. The highest BCUT2D eigenvalue weighted by Crippen LogP contribution is 2.12. The number of thioether (sulfide) groups is 1. The summed E-state index contributed by atoms with van der Waals surface area (Å²) in [6.45, 7) is 0. The number of carbonyl (C=O) groups is 1. The molecular weight excluding hydrogens is 230 g/mol. The zero-order valence-electron chi connectivity index (χ0n) is 7.97. The third-order valence-electron chi connectivity index (χ3n) is 1.73. The van der Waals surface area contributed by atoms with Gasteiger partial charge in [0, 0.05) is 11.3 Å². The Labute approximate surface area is 97.7 Å². The fourth-order valence-corrected chi connectivity index (χ4v) is 1.86. The molecule has 0 aliphatic carbocycles. The van der Waals surface area contributed by atoms with E-state index >= 15 is 0 Å². The van der Waals surface area contributed by atoms with Gasteiger partial charge >= 0.3 is 5.97 Å². The molecule has 0 saturated heterocycles. The van der Waals surface area contributed by atoms with E-state index in [1.807, 2.05) is 24.3 Å². The summed E-state index contributed by atoms with van der Waals surface area (Å²) in [7, 11) is 0. The van der Waals surface area contributed by atoms with Gasteiger partial charge in [-0.2, -0.15) is 0 Å². The van der Waals surface area contributed by atoms with Crippen LogP contribution in [0.2, 0.25) is 0 Å². The third kappa shape index (κ3) is 4.31. The van der Waals surface area contributed by atoms with E-state index in [1.165, 1.54) is 11.8 Å². The van der Waals surface area contributed by atoms with Crippen molar-refractivity contribution < 1.29 is 9.90 Å². The quantitative estimate of drug-likeness (QED) is 0.767. The van der Waals surface area contributed by atoms with E-state index in [9.17, 15) is 4.79 Å². The Hall–Kier alpha value is -1.07. The van der Waals surface area contributed by atoms with Crippen LogP contribution in [0.5, 0.6) is 0 Å². The summed E-state index contributed by atoms with van der Waals surface area (Å²) in [5.41, 5.74) is 7.35. The highest BCUT2D eigenvalue weighted by molar-refractivity contribution is 7.99. The molecule has 0 aromatic heterocycles. The summed E-state index contributed by atoms with van der Waals surface area (Å²) in [6.07, 6.45) is 0. The largest absolute Gasteiger partial charge is 0.481 e. The highest BCUT2D eigenvalue weighted by Gasteiger charge is 1.99. The van der Waals surface area contributed by atoms with Crippen LogP contribution in [0.15, 0.2) is 24.3 Å². The van der Waals surface area contributed by atoms with Crippen LogP contribution in [0.4, 0.5) is 0 Å². The van der Waals surface area contributed by atoms with E-state index in [0.29, 0.717) is 10.7 Å². The molecule has 0 unspecified atom stereocenters. The SMILES string of the molecule is NC(=S)c1ccc(CSCC(=O)O)cc1. The predicted octanol–water partition coefficient (Wildman–Crippen LogP) is 1.64. The van der Waals surface area contributed by atoms with Crippen LogP contribution < -0.4 is 5.73 Å². The number of thiocarbonyl (C=S) groups is 1. The maximum Gasteiger partial charge on any atom is 0.313 e. The predicted molar refractivity (Wildman–Crippen MR) is 66.1 cm³/mol. The lowest BCUT2D eigenvalue weighted by atomic mass is 10.1. The molecule has 3 nitrogen and oxygen atoms in total. The van der Waals surface area contributed by atoms with E-state index in [2.05, 4.69) is 0 Å². The molecule has 0 saturated carbocycles. The maximum absolute atomic E-state index is 10.3. The lowest BCUT2D eigenvalue weighted by Gasteiger charge is -2.01. The van der Waals surface area contributed by atoms with Crippen LogP contribution >= 0.6 is 24.0 Å². The maximum atomic E-state index is 10.3. The number of carboxylic acids is 1. The molecule has 0 aliphatic rings. The summed E-state index contributed by atoms with van der Waals surface area (Å²) in [5.74, 6) is 0.0146. The summed E-state index contributed by atoms with van der Waals surface area (Å²) < 4.78 is 0. The molecule has 0 amide bonds. The van der Waals surface area contributed by atoms with Gasteiger partial charge in [-0.15, -0.1) is 11.8 Å². The van der Waals surface area contributed by atoms with Crippen molar-refractivity contribution in [3.05, 3.63) is 35.4 Å². The molecule has 1 aromatic rings. The average Bonchev–Trinajstić information content (AvgIpc) is 2.18. The molecule has 0 radical (unpaired) electrons. The van der Waals surface area contributed by atoms with Crippen molar-refractivity contribution in [3.8, 4) is 0 Å². The molecule has 80 valence electrons. The van der Waals surface area contributed by atoms with Crippen LogP contribution in [-0.4, -0.2) is 21.8 Å². The van der Waals surface area contributed by atoms with Gasteiger partial charge in [-0.1, -0.05) is 36.5 Å². The minimum absolute atomic E-state index is 0.122. The number of hydrogen-bond donors (Lipinski definition) is 2. The summed E-state index contributed by atoms with van der Waals surface area (Å²) in [5, 5.41) is 8.45. The van der Waals surface area contributed by atoms with Gasteiger partial charge in [-0.25, -0.2) is 0 Å². The standard InChI is InChI=1S/C10H11NO2S2/c11-10(14)8-3-1-7(2-4-8)5-15-6-9(12)13/h1-4H,5-6H2,(H2,11,14)(H,12,13). The Morgan fingerprint density at radius 1 is 1.40 bits per heavy atom. The number of carboxylic acid groups (broad SMARTS) is 1. The van der Waals surface area contributed by atoms with Gasteiger partial charge < -0.3 is 10.8 Å². The normalized spacial score (nSPS) is 9.87. The molecule has 0 bridgehead atoms. The molecule has 15 heavy (non-hydrogen) atoms. The molecule has 3 N–H and O–H groups in total. The Bertz CT molecular complexity index is 362. The van der Waals surface area contributed by atoms with Crippen LogP contribution in [0.1, 0.15) is 11.1 Å². The summed E-state index contributed by atoms with van der Waals surface area (Å²) in [6, 6.07) is 7.50. The van der Waals surface area contributed by atoms with E-state index in [0.717, 1.165) is 11.1 Å². The number of benzene rings is 1. The van der Waals surface area contributed by atoms with Crippen LogP contribution in [0.3, 0.4) is 0 Å². The lowest BCUT2D eigenvalue weighted by Crippen LogP contribution is -2.08. The van der Waals surface area contributed by atoms with E-state index in [-0.39, 0.29) is 5.75 Å². The second-order valence-corrected chi connectivity index (χ2v) is 4.37. The second-order valence-electron chi connectivity index (χ2n) is 2.95. The van der Waals surface area contributed by atoms with Crippen LogP contribution in [-0.2, 0) is 10.5 Å². The zero-order valence-corrected chi connectivity index (χ0v) is 9.61. The second kappa shape index (κ2) is 5.72. The number of nitrogens with two attached hydrogens (primary N) is 1. The number of hydrogen-bond acceptors (Lipinski definition) is 3. The van der Waals surface area contributed by atoms with Gasteiger partial charge in [-0.05, 0) is 5.56 Å². The van der Waals surface area contributed by atoms with Crippen molar-refractivity contribution in [3.63, 3.8) is 0 Å². The smallest absolute Gasteiger partial charge is 0.313 e. The van der Waals surface area contributed by atoms with Gasteiger partial charge in [0.25, 0.3) is 0 Å². The lowest BCUT2D eigenvalue weighted by molar-refractivity contribution is -0.133. The van der Waals surface area contributed by atoms with Gasteiger partial charge in [0.1, 0.15) is 4.99 Å². The molecule has 0 heterocycles. The molecule has 1 rings (SSSR count). The first-order chi connectivity index (χ1) is 7.09. The van der Waals surface area contributed by atoms with Gasteiger partial charge in [0.2, 0.25) is 0 Å². The first-order valence-corrected chi connectivity index (χ1v) is 5.84. The third-order valence-corrected chi connectivity index (χ3v) is 2.96. The van der Waals surface area contributed by atoms with Gasteiger partial charge in [0.15, 0.2) is 0 Å². The zero-order chi connectivity index (χ0) is 11.3. The monoisotopic (exact) mass is 241 g/mol. The Morgan fingerprint density at radius 2 is 2.00 bits per heavy atom. The minimum Gasteiger partial charge on any atom is -0.481 e. The average molecular weight is 241 g/mol. The van der Waals surface area contributed by atoms with Gasteiger partial charge in [0.05, 0.1) is 5.75 Å². The fraction of sp³-hybridized carbons (Fsp3) is 0.200. The van der Waals surface area contributed by atoms with Gasteiger partial charge in [-0.3, -0.25) is 4.79 Å². The van der Waals surface area contributed by atoms with Crippen molar-refractivity contribution in [2.24, 2.45) is 5.73 Å². The molecule has 0 aliphatic heterocycles. The number of aliphatic carboxylic acids is 1. The summed E-state index contributed by atoms with van der Waals surface area (Å²) in [4.78, 5) is 10.7. The van der Waals surface area contributed by atoms with E-state index in [1.54, 1.807) is 0 Å². The fourth-order valence-electron chi connectivity index (χ4n) is 1.02. The van der Waals surface area contributed by atoms with Crippen LogP contribution in [0.25, 0.3) is 0 Å². The Morgan fingerprint density at radius 3 is 2.47 bits per heavy atom. The molecule has 5 heteroatoms. The molecule has 0 atom stereocenters.